The van der Waals surface area contributed by atoms with E-state index in [0.29, 0.717) is 0 Å². The second-order valence-corrected chi connectivity index (χ2v) is 19.9. The summed E-state index contributed by atoms with van der Waals surface area (Å²) in [6.45, 7) is 0.148. The first-order chi connectivity index (χ1) is 30.2. The van der Waals surface area contributed by atoms with Crippen molar-refractivity contribution in [2.24, 2.45) is 0 Å². The predicted octanol–water partition coefficient (Wildman–Crippen LogP) is 14.3. The predicted molar refractivity (Wildman–Crippen MR) is 261 cm³/mol. The Balaban J connectivity index is 0.983. The van der Waals surface area contributed by atoms with Gasteiger partial charge in [0.05, 0.1) is 22.7 Å². The Morgan fingerprint density at radius 1 is 0.311 bits per heavy atom. The van der Waals surface area contributed by atoms with Crippen LogP contribution in [-0.4, -0.2) is 6.71 Å². The molecule has 2 nitrogen and oxygen atoms in total. The van der Waals surface area contributed by atoms with Crippen LogP contribution in [0.3, 0.4) is 0 Å². The first kappa shape index (κ1) is 35.8. The van der Waals surface area contributed by atoms with Crippen molar-refractivity contribution in [3.63, 3.8) is 0 Å². The highest BCUT2D eigenvalue weighted by atomic mass is 32.2. The summed E-state index contributed by atoms with van der Waals surface area (Å²) in [6.07, 6.45) is 0. The van der Waals surface area contributed by atoms with Gasteiger partial charge in [0.2, 0.25) is 6.71 Å². The van der Waals surface area contributed by atoms with Gasteiger partial charge < -0.3 is 9.80 Å². The molecule has 0 aromatic heterocycles. The number of nitrogens with zero attached hydrogens (tertiary/aromatic N) is 2. The summed E-state index contributed by atoms with van der Waals surface area (Å²) in [6, 6.07) is 74.2. The van der Waals surface area contributed by atoms with Gasteiger partial charge >= 0.3 is 0 Å². The number of para-hydroxylation sites is 4. The second-order valence-electron chi connectivity index (χ2n) is 15.6. The Labute approximate surface area is 373 Å². The normalized spacial score (nSPS) is 13.9. The van der Waals surface area contributed by atoms with Crippen molar-refractivity contribution in [3.8, 4) is 22.3 Å². The van der Waals surface area contributed by atoms with Crippen LogP contribution in [0.2, 0.25) is 0 Å². The van der Waals surface area contributed by atoms with Gasteiger partial charge in [-0.3, -0.25) is 0 Å². The van der Waals surface area contributed by atoms with Crippen LogP contribution in [0, 0.1) is 0 Å². The summed E-state index contributed by atoms with van der Waals surface area (Å²) in [5.41, 5.74) is 16.4. The molecule has 0 fully saturated rings. The molecular weight excluding hydrogens is 816 g/mol. The third-order valence-electron chi connectivity index (χ3n) is 12.2. The summed E-state index contributed by atoms with van der Waals surface area (Å²) in [7, 11) is 0. The zero-order valence-corrected chi connectivity index (χ0v) is 35.9. The van der Waals surface area contributed by atoms with E-state index in [0.717, 1.165) is 11.4 Å². The molecule has 0 atom stereocenters. The zero-order valence-electron chi connectivity index (χ0n) is 32.7. The van der Waals surface area contributed by atoms with Crippen molar-refractivity contribution in [2.75, 3.05) is 9.80 Å². The maximum absolute atomic E-state index is 2.49. The van der Waals surface area contributed by atoms with Crippen LogP contribution in [0.4, 0.5) is 34.1 Å². The Kier molecular flexibility index (Phi) is 8.40. The molecule has 0 spiro atoms. The quantitative estimate of drug-likeness (QED) is 0.162. The molecule has 4 aliphatic rings. The smallest absolute Gasteiger partial charge is 0.247 e. The van der Waals surface area contributed by atoms with Gasteiger partial charge in [-0.15, -0.1) is 0 Å². The minimum absolute atomic E-state index is 0.148. The van der Waals surface area contributed by atoms with Crippen molar-refractivity contribution in [2.45, 2.75) is 39.2 Å². The average molecular weight is 849 g/mol. The Morgan fingerprint density at radius 2 is 0.639 bits per heavy atom. The zero-order chi connectivity index (χ0) is 40.0. The molecule has 13 rings (SSSR count). The summed E-state index contributed by atoms with van der Waals surface area (Å²) < 4.78 is 0. The van der Waals surface area contributed by atoms with Gasteiger partial charge in [-0.2, -0.15) is 0 Å². The minimum atomic E-state index is 0.148. The van der Waals surface area contributed by atoms with Crippen molar-refractivity contribution in [1.29, 1.82) is 0 Å². The molecule has 0 unspecified atom stereocenters. The fraction of sp³-hybridized carbons (Fsp3) is 0. The van der Waals surface area contributed by atoms with Gasteiger partial charge in [-0.1, -0.05) is 167 Å². The summed E-state index contributed by atoms with van der Waals surface area (Å²) in [5.74, 6) is 0. The lowest BCUT2D eigenvalue weighted by molar-refractivity contribution is 1.17. The molecule has 0 radical (unpaired) electrons. The molecule has 0 amide bonds. The van der Waals surface area contributed by atoms with E-state index in [4.69, 9.17) is 0 Å². The molecule has 0 aliphatic carbocycles. The molecule has 7 heteroatoms. The fourth-order valence-electron chi connectivity index (χ4n) is 9.45. The Morgan fingerprint density at radius 3 is 1.02 bits per heavy atom. The number of anilines is 6. The Hall–Kier alpha value is -5.96. The van der Waals surface area contributed by atoms with E-state index in [-0.39, 0.29) is 6.71 Å². The molecule has 4 heterocycles. The summed E-state index contributed by atoms with van der Waals surface area (Å²) in [4.78, 5) is 15.3. The van der Waals surface area contributed by atoms with Gasteiger partial charge in [0.15, 0.2) is 0 Å². The molecular formula is C54H33BN2S4. The topological polar surface area (TPSA) is 6.48 Å². The van der Waals surface area contributed by atoms with Crippen LogP contribution < -0.4 is 26.2 Å². The van der Waals surface area contributed by atoms with E-state index < -0.39 is 0 Å². The standard InChI is InChI=1S/C54H33BN2S4/c1-7-19-46-40(13-1)55-41-14-2-8-20-47(41)61-54-39(35-27-31-37(32-28-35)57-44-17-5-11-23-50(44)59-51-24-12-6-18-45(51)57)33-38(53(60-46)52(54)55)34-25-29-36(30-26-34)56-42-15-3-9-21-48(42)58-49-22-10-4-16-43(49)56/h1-33H. The van der Waals surface area contributed by atoms with Gasteiger partial charge in [0.1, 0.15) is 0 Å². The van der Waals surface area contributed by atoms with Crippen molar-refractivity contribution in [1.82, 2.24) is 0 Å². The van der Waals surface area contributed by atoms with Crippen molar-refractivity contribution >= 4 is 104 Å². The summed E-state index contributed by atoms with van der Waals surface area (Å²) in [5, 5.41) is 0. The Bertz CT molecular complexity index is 2940. The maximum Gasteiger partial charge on any atom is 0.247 e. The van der Waals surface area contributed by atoms with E-state index in [1.807, 2.05) is 47.0 Å². The second kappa shape index (κ2) is 14.3. The fourth-order valence-corrected chi connectivity index (χ4v) is 14.2. The minimum Gasteiger partial charge on any atom is -0.308 e. The molecule has 0 saturated carbocycles. The number of hydrogen-bond acceptors (Lipinski definition) is 6. The molecule has 0 N–H and O–H groups in total. The highest BCUT2D eigenvalue weighted by molar-refractivity contribution is 8.01. The monoisotopic (exact) mass is 848 g/mol. The molecule has 9 aromatic rings. The van der Waals surface area contributed by atoms with E-state index >= 15 is 0 Å². The lowest BCUT2D eigenvalue weighted by atomic mass is 9.36. The van der Waals surface area contributed by atoms with Gasteiger partial charge in [-0.25, -0.2) is 0 Å². The molecule has 9 aromatic carbocycles. The van der Waals surface area contributed by atoms with E-state index in [9.17, 15) is 0 Å². The molecule has 286 valence electrons. The van der Waals surface area contributed by atoms with E-state index in [1.165, 1.54) is 101 Å². The maximum atomic E-state index is 2.49. The third-order valence-corrected chi connectivity index (χ3v) is 16.9. The van der Waals surface area contributed by atoms with Crippen LogP contribution in [0.15, 0.2) is 239 Å². The lowest BCUT2D eigenvalue weighted by Crippen LogP contribution is -2.58. The van der Waals surface area contributed by atoms with Gasteiger partial charge in [-0.05, 0) is 119 Å². The first-order valence-corrected chi connectivity index (χ1v) is 23.8. The molecule has 61 heavy (non-hydrogen) atoms. The average Bonchev–Trinajstić information content (AvgIpc) is 3.32. The number of rotatable bonds is 4. The van der Waals surface area contributed by atoms with Crippen LogP contribution in [0.1, 0.15) is 0 Å². The molecule has 0 saturated heterocycles. The lowest BCUT2D eigenvalue weighted by Gasteiger charge is -2.36. The molecule has 0 bridgehead atoms. The highest BCUT2D eigenvalue weighted by Crippen LogP contribution is 2.54. The van der Waals surface area contributed by atoms with E-state index in [2.05, 4.69) is 210 Å². The van der Waals surface area contributed by atoms with Crippen molar-refractivity contribution < 1.29 is 0 Å². The molecule has 4 aliphatic heterocycles. The van der Waals surface area contributed by atoms with Gasteiger partial charge in [0.25, 0.3) is 0 Å². The van der Waals surface area contributed by atoms with Crippen LogP contribution in [0.5, 0.6) is 0 Å². The SMILES string of the molecule is c1ccc2c(c1)Sc1c(-c3ccc(N4c5ccccc5Sc5ccccc54)cc3)cc(-c3ccc(N4c5ccccc5Sc5ccccc54)cc3)c3c1B2c1ccccc1S3. The van der Waals surface area contributed by atoms with Crippen LogP contribution in [-0.2, 0) is 0 Å². The van der Waals surface area contributed by atoms with Crippen molar-refractivity contribution in [3.05, 3.63) is 200 Å². The number of benzene rings is 9. The van der Waals surface area contributed by atoms with E-state index in [1.54, 1.807) is 0 Å². The number of fused-ring (bicyclic) bond motifs is 8. The van der Waals surface area contributed by atoms with Crippen LogP contribution >= 0.6 is 47.0 Å². The largest absolute Gasteiger partial charge is 0.308 e. The number of hydrogen-bond donors (Lipinski definition) is 0. The summed E-state index contributed by atoms with van der Waals surface area (Å²) >= 11 is 7.57. The third kappa shape index (κ3) is 5.72. The van der Waals surface area contributed by atoms with Crippen LogP contribution in [0.25, 0.3) is 22.3 Å². The first-order valence-electron chi connectivity index (χ1n) is 20.5. The highest BCUT2D eigenvalue weighted by Gasteiger charge is 2.40. The van der Waals surface area contributed by atoms with Gasteiger partial charge in [0, 0.05) is 50.5 Å².